The molecule has 0 amide bonds. The third kappa shape index (κ3) is 55200. The maximum Gasteiger partial charge on any atom is 0.0311 e. The molecule has 0 rings (SSSR count). The van der Waals surface area contributed by atoms with Gasteiger partial charge in [0.25, 0.3) is 0 Å². The fraction of sp³-hybridized carbons (Fsp3) is 0. The van der Waals surface area contributed by atoms with Crippen molar-refractivity contribution < 1.29 is 34.0 Å². The molecule has 0 aromatic rings. The molecule has 90 valence electrons. The topological polar surface area (TPSA) is 281 Å². The number of rotatable bonds is 0. The fourth-order valence-corrected chi connectivity index (χ4v) is 0. The molecule has 12 N–H and O–H groups in total. The summed E-state index contributed by atoms with van der Waals surface area (Å²) in [5.74, 6) is 0. The molecular formula is H12N6NiO4S-8. The Balaban J connectivity index is -0.00000000381. The molecule has 0 aromatic heterocycles. The van der Waals surface area contributed by atoms with Crippen LogP contribution < -0.4 is 0 Å². The van der Waals surface area contributed by atoms with Crippen molar-refractivity contribution in [2.75, 3.05) is 0 Å². The van der Waals surface area contributed by atoms with Crippen LogP contribution in [-0.2, 0) is 26.9 Å². The minimum absolute atomic E-state index is 0. The van der Waals surface area contributed by atoms with E-state index in [-0.39, 0.29) is 53.4 Å². The van der Waals surface area contributed by atoms with Crippen LogP contribution in [0.25, 0.3) is 36.9 Å². The molecule has 0 heterocycles. The first-order valence-electron chi connectivity index (χ1n) is 0.667. The van der Waals surface area contributed by atoms with Crippen LogP contribution in [0.15, 0.2) is 0 Å². The zero-order chi connectivity index (χ0) is 4.50. The molecule has 0 aliphatic carbocycles. The van der Waals surface area contributed by atoms with Crippen LogP contribution in [0.4, 0.5) is 0 Å². The van der Waals surface area contributed by atoms with Crippen LogP contribution in [0.1, 0.15) is 0 Å². The van der Waals surface area contributed by atoms with Crippen molar-refractivity contribution in [3.05, 3.63) is 36.9 Å². The van der Waals surface area contributed by atoms with E-state index in [2.05, 4.69) is 0 Å². The zero-order valence-electron chi connectivity index (χ0n) is 5.82. The molecule has 12 heavy (non-hydrogen) atoms. The normalized spacial score (nSPS) is 4.83. The first kappa shape index (κ1) is 88.2. The maximum absolute atomic E-state index is 8.52. The third-order valence-electron chi connectivity index (χ3n) is 0. The number of nitrogens with two attached hydrogens (primary N) is 6. The average Bonchev–Trinajstić information content (AvgIpc) is 0.722. The van der Waals surface area contributed by atoms with Crippen molar-refractivity contribution in [1.29, 1.82) is 0 Å². The third-order valence-corrected chi connectivity index (χ3v) is 0. The van der Waals surface area contributed by atoms with E-state index in [9.17, 15) is 0 Å². The van der Waals surface area contributed by atoms with E-state index in [1.54, 1.807) is 0 Å². The SMILES string of the molecule is O=S(=O)([O-])[O-].[NH2-].[NH2-].[NH2-].[NH2-].[NH2-].[NH2-].[Ni]. The summed E-state index contributed by atoms with van der Waals surface area (Å²) in [5, 5.41) is 0. The van der Waals surface area contributed by atoms with Gasteiger partial charge in [0.2, 0.25) is 0 Å². The summed E-state index contributed by atoms with van der Waals surface area (Å²) < 4.78 is 34.1. The van der Waals surface area contributed by atoms with E-state index in [1.807, 2.05) is 0 Å². The quantitative estimate of drug-likeness (QED) is 0.355. The number of hydrogen-bond donors (Lipinski definition) is 0. The van der Waals surface area contributed by atoms with E-state index in [0.717, 1.165) is 0 Å². The predicted molar refractivity (Wildman–Crippen MR) is 42.2 cm³/mol. The summed E-state index contributed by atoms with van der Waals surface area (Å²) in [6, 6.07) is 0. The smallest absolute Gasteiger partial charge is 0.0311 e. The maximum atomic E-state index is 8.52. The molecule has 0 aromatic carbocycles. The molecule has 12 heteroatoms. The second-order valence-electron chi connectivity index (χ2n) is 0.408. The largest absolute Gasteiger partial charge is 0.759 e. The van der Waals surface area contributed by atoms with Crippen LogP contribution in [0.5, 0.6) is 0 Å². The van der Waals surface area contributed by atoms with Gasteiger partial charge in [-0.15, -0.1) is 0 Å². The van der Waals surface area contributed by atoms with Gasteiger partial charge in [0, 0.05) is 26.9 Å². The van der Waals surface area contributed by atoms with E-state index in [0.29, 0.717) is 0 Å². The van der Waals surface area contributed by atoms with Gasteiger partial charge in [-0.1, -0.05) is 0 Å². The van der Waals surface area contributed by atoms with Gasteiger partial charge >= 0.3 is 0 Å². The number of hydrogen-bond acceptors (Lipinski definition) is 4. The Morgan fingerprint density at radius 1 is 0.667 bits per heavy atom. The zero-order valence-corrected chi connectivity index (χ0v) is 7.63. The first-order chi connectivity index (χ1) is 2.00. The second kappa shape index (κ2) is 30.4. The van der Waals surface area contributed by atoms with E-state index < -0.39 is 10.4 Å². The van der Waals surface area contributed by atoms with Gasteiger partial charge in [-0.05, 0) is 0 Å². The van der Waals surface area contributed by atoms with E-state index >= 15 is 0 Å². The Hall–Kier alpha value is 0.124. The van der Waals surface area contributed by atoms with Crippen LogP contribution >= 0.6 is 0 Å². The summed E-state index contributed by atoms with van der Waals surface area (Å²) >= 11 is 0. The summed E-state index contributed by atoms with van der Waals surface area (Å²) in [6.07, 6.45) is 0. The second-order valence-corrected chi connectivity index (χ2v) is 1.22. The minimum Gasteiger partial charge on any atom is -0.759 e. The molecule has 0 fully saturated rings. The van der Waals surface area contributed by atoms with Gasteiger partial charge < -0.3 is 46.0 Å². The Bertz CT molecular complexity index is 103. The minimum atomic E-state index is -5.17. The summed E-state index contributed by atoms with van der Waals surface area (Å²) in [4.78, 5) is 0. The molecule has 0 spiro atoms. The van der Waals surface area contributed by atoms with E-state index in [4.69, 9.17) is 17.5 Å². The van der Waals surface area contributed by atoms with Crippen LogP contribution in [0, 0.1) is 0 Å². The van der Waals surface area contributed by atoms with Crippen molar-refractivity contribution in [3.63, 3.8) is 0 Å². The molecule has 0 bridgehead atoms. The van der Waals surface area contributed by atoms with E-state index in [1.165, 1.54) is 0 Å². The van der Waals surface area contributed by atoms with Gasteiger partial charge in [0.05, 0.1) is 0 Å². The van der Waals surface area contributed by atoms with Crippen molar-refractivity contribution in [3.8, 4) is 0 Å². The predicted octanol–water partition coefficient (Wildman–Crippen LogP) is 2.96. The van der Waals surface area contributed by atoms with Crippen molar-refractivity contribution in [2.24, 2.45) is 0 Å². The molecule has 0 radical (unpaired) electrons. The molecule has 0 saturated carbocycles. The molecule has 0 saturated heterocycles. The van der Waals surface area contributed by atoms with Gasteiger partial charge in [-0.25, -0.2) is 0 Å². The van der Waals surface area contributed by atoms with Crippen LogP contribution in [0.3, 0.4) is 0 Å². The Morgan fingerprint density at radius 2 is 0.667 bits per heavy atom. The fourth-order valence-electron chi connectivity index (χ4n) is 0. The van der Waals surface area contributed by atoms with Gasteiger partial charge in [-0.2, -0.15) is 0 Å². The monoisotopic (exact) mass is 250 g/mol. The Kier molecular flexibility index (Phi) is 224. The molecule has 0 aliphatic heterocycles. The Morgan fingerprint density at radius 3 is 0.667 bits per heavy atom. The summed E-state index contributed by atoms with van der Waals surface area (Å²) in [5.41, 5.74) is 0. The first-order valence-corrected chi connectivity index (χ1v) is 2.00. The van der Waals surface area contributed by atoms with Crippen molar-refractivity contribution in [1.82, 2.24) is 0 Å². The van der Waals surface area contributed by atoms with Crippen LogP contribution in [-0.4, -0.2) is 17.5 Å². The van der Waals surface area contributed by atoms with Gasteiger partial charge in [-0.3, -0.25) is 8.42 Å². The molecule has 0 aliphatic rings. The molecular weight excluding hydrogens is 239 g/mol. The van der Waals surface area contributed by atoms with Crippen LogP contribution in [0.2, 0.25) is 0 Å². The standard InChI is InChI=1S/6H2N.Ni.H2O4S/c;;;;;;;1-5(2,3)4/h6*1H2;;(H2,1,2,3,4)/q6*-1;;/p-2. The average molecular weight is 251 g/mol. The van der Waals surface area contributed by atoms with Gasteiger partial charge in [0.15, 0.2) is 0 Å². The summed E-state index contributed by atoms with van der Waals surface area (Å²) in [7, 11) is -5.17. The Labute approximate surface area is 81.9 Å². The van der Waals surface area contributed by atoms with Crippen molar-refractivity contribution >= 4 is 10.4 Å². The van der Waals surface area contributed by atoms with Crippen molar-refractivity contribution in [2.45, 2.75) is 0 Å². The van der Waals surface area contributed by atoms with Gasteiger partial charge in [0.1, 0.15) is 0 Å². The molecule has 0 unspecified atom stereocenters. The summed E-state index contributed by atoms with van der Waals surface area (Å²) in [6.45, 7) is 0. The molecule has 10 nitrogen and oxygen atoms in total. The molecule has 0 atom stereocenters.